The van der Waals surface area contributed by atoms with E-state index < -0.39 is 0 Å². The van der Waals surface area contributed by atoms with Crippen LogP contribution in [0.2, 0.25) is 0 Å². The van der Waals surface area contributed by atoms with E-state index in [0.29, 0.717) is 6.61 Å². The van der Waals surface area contributed by atoms with Crippen molar-refractivity contribution in [1.29, 1.82) is 0 Å². The van der Waals surface area contributed by atoms with E-state index in [1.807, 2.05) is 19.1 Å². The summed E-state index contributed by atoms with van der Waals surface area (Å²) in [4.78, 5) is 4.13. The molecule has 11 heavy (non-hydrogen) atoms. The van der Waals surface area contributed by atoms with Gasteiger partial charge in [-0.05, 0) is 19.1 Å². The van der Waals surface area contributed by atoms with Crippen LogP contribution < -0.4 is 4.74 Å². The van der Waals surface area contributed by atoms with Crippen molar-refractivity contribution >= 4 is 6.08 Å². The van der Waals surface area contributed by atoms with Crippen molar-refractivity contribution in [3.05, 3.63) is 29.6 Å². The Morgan fingerprint density at radius 3 is 3.27 bits per heavy atom. The van der Waals surface area contributed by atoms with Crippen LogP contribution in [-0.4, -0.2) is 11.6 Å². The smallest absolute Gasteiger partial charge is 0.148 e. The maximum absolute atomic E-state index is 5.40. The number of nitrogens with zero attached hydrogens (tertiary/aromatic N) is 1. The predicted octanol–water partition coefficient (Wildman–Crippen LogP) is 1.80. The molecule has 1 aliphatic rings. The van der Waals surface area contributed by atoms with Gasteiger partial charge in [0, 0.05) is 11.8 Å². The van der Waals surface area contributed by atoms with Crippen LogP contribution in [0.3, 0.4) is 0 Å². The van der Waals surface area contributed by atoms with Crippen molar-refractivity contribution in [2.75, 3.05) is 6.61 Å². The summed E-state index contributed by atoms with van der Waals surface area (Å²) >= 11 is 0. The molecule has 0 N–H and O–H groups in total. The minimum Gasteiger partial charge on any atom is -0.487 e. The molecule has 0 bridgehead atoms. The fourth-order valence-electron chi connectivity index (χ4n) is 1.20. The Bertz CT molecular complexity index is 304. The van der Waals surface area contributed by atoms with Gasteiger partial charge in [-0.15, -0.1) is 0 Å². The average Bonchev–Trinajstić information content (AvgIpc) is 2.06. The predicted molar refractivity (Wildman–Crippen MR) is 43.5 cm³/mol. The third kappa shape index (κ3) is 1.00. The first-order chi connectivity index (χ1) is 5.38. The van der Waals surface area contributed by atoms with Crippen molar-refractivity contribution in [2.45, 2.75) is 6.92 Å². The molecular weight excluding hydrogens is 138 g/mol. The van der Waals surface area contributed by atoms with Gasteiger partial charge in [-0.2, -0.15) is 0 Å². The van der Waals surface area contributed by atoms with Gasteiger partial charge in [-0.3, -0.25) is 4.98 Å². The molecule has 0 saturated carbocycles. The number of rotatable bonds is 0. The van der Waals surface area contributed by atoms with Crippen LogP contribution in [0, 0.1) is 6.92 Å². The highest BCUT2D eigenvalue weighted by molar-refractivity contribution is 5.59. The van der Waals surface area contributed by atoms with Crippen LogP contribution in [0.1, 0.15) is 11.3 Å². The van der Waals surface area contributed by atoms with Crippen LogP contribution in [0.4, 0.5) is 0 Å². The Labute approximate surface area is 65.5 Å². The summed E-state index contributed by atoms with van der Waals surface area (Å²) in [5, 5.41) is 0. The summed E-state index contributed by atoms with van der Waals surface area (Å²) in [5.41, 5.74) is 2.09. The summed E-state index contributed by atoms with van der Waals surface area (Å²) in [7, 11) is 0. The first-order valence-corrected chi connectivity index (χ1v) is 3.63. The van der Waals surface area contributed by atoms with E-state index in [9.17, 15) is 0 Å². The van der Waals surface area contributed by atoms with Gasteiger partial charge in [0.15, 0.2) is 0 Å². The van der Waals surface area contributed by atoms with Gasteiger partial charge in [-0.1, -0.05) is 6.08 Å². The lowest BCUT2D eigenvalue weighted by Crippen LogP contribution is -2.02. The van der Waals surface area contributed by atoms with Crippen molar-refractivity contribution in [3.63, 3.8) is 0 Å². The maximum Gasteiger partial charge on any atom is 0.148 e. The number of hydrogen-bond donors (Lipinski definition) is 0. The number of aromatic nitrogens is 1. The summed E-state index contributed by atoms with van der Waals surface area (Å²) < 4.78 is 5.40. The number of fused-ring (bicyclic) bond motifs is 1. The standard InChI is InChI=1S/C9H9NO/c1-7-9-8(4-5-10-7)3-2-6-11-9/h2-5H,6H2,1H3. The number of ether oxygens (including phenoxy) is 1. The monoisotopic (exact) mass is 147 g/mol. The Hall–Kier alpha value is -1.31. The zero-order valence-electron chi connectivity index (χ0n) is 6.37. The fourth-order valence-corrected chi connectivity index (χ4v) is 1.20. The van der Waals surface area contributed by atoms with Gasteiger partial charge in [0.05, 0.1) is 5.69 Å². The van der Waals surface area contributed by atoms with E-state index in [1.54, 1.807) is 6.20 Å². The second-order valence-electron chi connectivity index (χ2n) is 2.53. The van der Waals surface area contributed by atoms with Crippen molar-refractivity contribution < 1.29 is 4.74 Å². The topological polar surface area (TPSA) is 22.1 Å². The average molecular weight is 147 g/mol. The number of pyridine rings is 1. The van der Waals surface area contributed by atoms with Crippen LogP contribution in [-0.2, 0) is 0 Å². The minimum atomic E-state index is 0.666. The van der Waals surface area contributed by atoms with Crippen molar-refractivity contribution in [3.8, 4) is 5.75 Å². The Kier molecular flexibility index (Phi) is 1.39. The van der Waals surface area contributed by atoms with Gasteiger partial charge >= 0.3 is 0 Å². The molecule has 0 atom stereocenters. The van der Waals surface area contributed by atoms with Crippen molar-refractivity contribution in [1.82, 2.24) is 4.98 Å². The molecule has 0 aromatic carbocycles. The minimum absolute atomic E-state index is 0.666. The van der Waals surface area contributed by atoms with E-state index in [2.05, 4.69) is 11.1 Å². The molecule has 1 aromatic rings. The van der Waals surface area contributed by atoms with Crippen LogP contribution in [0.15, 0.2) is 18.3 Å². The molecule has 0 radical (unpaired) electrons. The Balaban J connectivity index is 2.60. The zero-order valence-corrected chi connectivity index (χ0v) is 6.37. The molecule has 1 aromatic heterocycles. The summed E-state index contributed by atoms with van der Waals surface area (Å²) in [6, 6.07) is 1.96. The largest absolute Gasteiger partial charge is 0.487 e. The second-order valence-corrected chi connectivity index (χ2v) is 2.53. The first kappa shape index (κ1) is 6.40. The first-order valence-electron chi connectivity index (χ1n) is 3.63. The molecule has 0 fully saturated rings. The van der Waals surface area contributed by atoms with Crippen LogP contribution in [0.5, 0.6) is 5.75 Å². The van der Waals surface area contributed by atoms with Gasteiger partial charge in [0.25, 0.3) is 0 Å². The quantitative estimate of drug-likeness (QED) is 0.558. The zero-order chi connectivity index (χ0) is 7.68. The molecule has 0 aliphatic carbocycles. The lowest BCUT2D eigenvalue weighted by atomic mass is 10.1. The molecule has 2 rings (SSSR count). The molecule has 2 heteroatoms. The highest BCUT2D eigenvalue weighted by Gasteiger charge is 2.07. The number of aryl methyl sites for hydroxylation is 1. The van der Waals surface area contributed by atoms with Crippen molar-refractivity contribution in [2.24, 2.45) is 0 Å². The number of hydrogen-bond acceptors (Lipinski definition) is 2. The van der Waals surface area contributed by atoms with Crippen LogP contribution >= 0.6 is 0 Å². The second kappa shape index (κ2) is 2.38. The summed E-state index contributed by atoms with van der Waals surface area (Å²) in [6.45, 7) is 2.62. The lowest BCUT2D eigenvalue weighted by Gasteiger charge is -2.12. The van der Waals surface area contributed by atoms with Gasteiger partial charge < -0.3 is 4.74 Å². The highest BCUT2D eigenvalue weighted by atomic mass is 16.5. The molecule has 1 aliphatic heterocycles. The summed E-state index contributed by atoms with van der Waals surface area (Å²) in [5.74, 6) is 0.926. The molecule has 2 nitrogen and oxygen atoms in total. The molecule has 0 amide bonds. The molecule has 56 valence electrons. The SMILES string of the molecule is Cc1nccc2c1OCC=C2. The Morgan fingerprint density at radius 1 is 1.55 bits per heavy atom. The molecule has 2 heterocycles. The fraction of sp³-hybridized carbons (Fsp3) is 0.222. The highest BCUT2D eigenvalue weighted by Crippen LogP contribution is 2.25. The van der Waals surface area contributed by atoms with Gasteiger partial charge in [-0.25, -0.2) is 0 Å². The lowest BCUT2D eigenvalue weighted by molar-refractivity contribution is 0.354. The summed E-state index contributed by atoms with van der Waals surface area (Å²) in [6.07, 6.45) is 5.86. The molecule has 0 saturated heterocycles. The maximum atomic E-state index is 5.40. The third-order valence-electron chi connectivity index (χ3n) is 1.73. The Morgan fingerprint density at radius 2 is 2.45 bits per heavy atom. The van der Waals surface area contributed by atoms with E-state index in [-0.39, 0.29) is 0 Å². The molecule has 0 unspecified atom stereocenters. The third-order valence-corrected chi connectivity index (χ3v) is 1.73. The van der Waals surface area contributed by atoms with Gasteiger partial charge in [0.1, 0.15) is 12.4 Å². The molecular formula is C9H9NO. The van der Waals surface area contributed by atoms with E-state index >= 15 is 0 Å². The van der Waals surface area contributed by atoms with E-state index in [1.165, 1.54) is 0 Å². The van der Waals surface area contributed by atoms with E-state index in [0.717, 1.165) is 17.0 Å². The normalized spacial score (nSPS) is 13.9. The van der Waals surface area contributed by atoms with Crippen LogP contribution in [0.25, 0.3) is 6.08 Å². The van der Waals surface area contributed by atoms with Gasteiger partial charge in [0.2, 0.25) is 0 Å². The van der Waals surface area contributed by atoms with E-state index in [4.69, 9.17) is 4.74 Å². The molecule has 0 spiro atoms.